The van der Waals surface area contributed by atoms with E-state index in [1.54, 1.807) is 0 Å². The minimum absolute atomic E-state index is 0.455. The zero-order chi connectivity index (χ0) is 8.53. The molecule has 0 bridgehead atoms. The smallest absolute Gasteiger partial charge is 0.0651 e. The average molecular weight is 156 g/mol. The lowest BCUT2D eigenvalue weighted by atomic mass is 10.2. The topological polar surface area (TPSA) is 9.23 Å². The predicted octanol–water partition coefficient (Wildman–Crippen LogP) is 3.16. The SMILES string of the molecule is CCC=CCOC(CC)CC. The number of hydrogen-bond acceptors (Lipinski definition) is 1. The molecule has 0 aromatic carbocycles. The third kappa shape index (κ3) is 6.11. The largest absolute Gasteiger partial charge is 0.374 e. The zero-order valence-electron chi connectivity index (χ0n) is 7.97. The number of allylic oxidation sites excluding steroid dienone is 1. The highest BCUT2D eigenvalue weighted by Crippen LogP contribution is 2.01. The fraction of sp³-hybridized carbons (Fsp3) is 0.800. The van der Waals surface area contributed by atoms with Gasteiger partial charge in [0, 0.05) is 0 Å². The van der Waals surface area contributed by atoms with Crippen molar-refractivity contribution in [1.82, 2.24) is 0 Å². The Labute approximate surface area is 70.4 Å². The van der Waals surface area contributed by atoms with E-state index in [1.807, 2.05) is 0 Å². The van der Waals surface area contributed by atoms with Gasteiger partial charge in [0.1, 0.15) is 0 Å². The summed E-state index contributed by atoms with van der Waals surface area (Å²) in [6.45, 7) is 7.24. The second kappa shape index (κ2) is 7.80. The number of hydrogen-bond donors (Lipinski definition) is 0. The van der Waals surface area contributed by atoms with Crippen molar-refractivity contribution in [1.29, 1.82) is 0 Å². The Morgan fingerprint density at radius 3 is 2.18 bits per heavy atom. The van der Waals surface area contributed by atoms with Gasteiger partial charge < -0.3 is 4.74 Å². The van der Waals surface area contributed by atoms with Gasteiger partial charge in [-0.1, -0.05) is 32.9 Å². The van der Waals surface area contributed by atoms with Crippen LogP contribution in [0.3, 0.4) is 0 Å². The summed E-state index contributed by atoms with van der Waals surface area (Å²) in [4.78, 5) is 0. The first-order valence-electron chi connectivity index (χ1n) is 4.61. The zero-order valence-corrected chi connectivity index (χ0v) is 7.97. The molecule has 1 nitrogen and oxygen atoms in total. The van der Waals surface area contributed by atoms with Crippen LogP contribution in [0.15, 0.2) is 12.2 Å². The van der Waals surface area contributed by atoms with Crippen LogP contribution < -0.4 is 0 Å². The maximum Gasteiger partial charge on any atom is 0.0651 e. The molecule has 66 valence electrons. The van der Waals surface area contributed by atoms with E-state index in [0.29, 0.717) is 6.10 Å². The summed E-state index contributed by atoms with van der Waals surface area (Å²) in [6, 6.07) is 0. The molecule has 1 heteroatoms. The maximum absolute atomic E-state index is 5.56. The van der Waals surface area contributed by atoms with Crippen molar-refractivity contribution in [2.45, 2.75) is 46.1 Å². The molecule has 0 spiro atoms. The monoisotopic (exact) mass is 156 g/mol. The molecule has 0 atom stereocenters. The molecule has 0 unspecified atom stereocenters. The van der Waals surface area contributed by atoms with Crippen LogP contribution in [0, 0.1) is 0 Å². The summed E-state index contributed by atoms with van der Waals surface area (Å²) in [5.74, 6) is 0. The van der Waals surface area contributed by atoms with E-state index in [0.717, 1.165) is 25.9 Å². The summed E-state index contributed by atoms with van der Waals surface area (Å²) >= 11 is 0. The van der Waals surface area contributed by atoms with E-state index in [9.17, 15) is 0 Å². The fourth-order valence-corrected chi connectivity index (χ4v) is 0.951. The lowest BCUT2D eigenvalue weighted by Gasteiger charge is -2.11. The summed E-state index contributed by atoms with van der Waals surface area (Å²) in [7, 11) is 0. The molecule has 0 fully saturated rings. The summed E-state index contributed by atoms with van der Waals surface area (Å²) in [5.41, 5.74) is 0. The van der Waals surface area contributed by atoms with Crippen molar-refractivity contribution in [2.24, 2.45) is 0 Å². The van der Waals surface area contributed by atoms with Gasteiger partial charge in [0.25, 0.3) is 0 Å². The van der Waals surface area contributed by atoms with Crippen molar-refractivity contribution < 1.29 is 4.74 Å². The molecule has 0 radical (unpaired) electrons. The molecule has 0 aliphatic heterocycles. The minimum atomic E-state index is 0.455. The van der Waals surface area contributed by atoms with Crippen LogP contribution in [0.4, 0.5) is 0 Å². The maximum atomic E-state index is 5.56. The molecule has 0 N–H and O–H groups in total. The molecule has 0 amide bonds. The Morgan fingerprint density at radius 2 is 1.73 bits per heavy atom. The quantitative estimate of drug-likeness (QED) is 0.537. The van der Waals surface area contributed by atoms with E-state index >= 15 is 0 Å². The van der Waals surface area contributed by atoms with Gasteiger partial charge >= 0.3 is 0 Å². The van der Waals surface area contributed by atoms with Crippen molar-refractivity contribution in [3.63, 3.8) is 0 Å². The summed E-state index contributed by atoms with van der Waals surface area (Å²) in [5, 5.41) is 0. The van der Waals surface area contributed by atoms with Gasteiger partial charge in [-0.05, 0) is 19.3 Å². The van der Waals surface area contributed by atoms with E-state index in [4.69, 9.17) is 4.74 Å². The van der Waals surface area contributed by atoms with Gasteiger partial charge in [0.2, 0.25) is 0 Å². The molecule has 0 heterocycles. The highest BCUT2D eigenvalue weighted by Gasteiger charge is 1.99. The second-order valence-corrected chi connectivity index (χ2v) is 2.65. The molecule has 11 heavy (non-hydrogen) atoms. The molecule has 0 saturated carbocycles. The highest BCUT2D eigenvalue weighted by molar-refractivity contribution is 4.79. The first-order valence-corrected chi connectivity index (χ1v) is 4.61. The van der Waals surface area contributed by atoms with Crippen molar-refractivity contribution in [2.75, 3.05) is 6.61 Å². The van der Waals surface area contributed by atoms with Gasteiger partial charge in [0.05, 0.1) is 12.7 Å². The van der Waals surface area contributed by atoms with E-state index in [2.05, 4.69) is 32.9 Å². The molecule has 0 saturated heterocycles. The molecule has 0 aliphatic rings. The third-order valence-electron chi connectivity index (χ3n) is 1.74. The fourth-order valence-electron chi connectivity index (χ4n) is 0.951. The van der Waals surface area contributed by atoms with Gasteiger partial charge in [-0.25, -0.2) is 0 Å². The summed E-state index contributed by atoms with van der Waals surface area (Å²) in [6.07, 6.45) is 8.04. The van der Waals surface area contributed by atoms with Gasteiger partial charge in [-0.15, -0.1) is 0 Å². The van der Waals surface area contributed by atoms with Crippen LogP contribution in [-0.2, 0) is 4.74 Å². The second-order valence-electron chi connectivity index (χ2n) is 2.65. The van der Waals surface area contributed by atoms with Gasteiger partial charge in [0.15, 0.2) is 0 Å². The Kier molecular flexibility index (Phi) is 7.59. The summed E-state index contributed by atoms with van der Waals surface area (Å²) < 4.78 is 5.56. The average Bonchev–Trinajstić information content (AvgIpc) is 2.05. The Hall–Kier alpha value is -0.300. The van der Waals surface area contributed by atoms with Crippen molar-refractivity contribution >= 4 is 0 Å². The Bertz CT molecular complexity index is 93.0. The first-order chi connectivity index (χ1) is 5.35. The Balaban J connectivity index is 3.27. The van der Waals surface area contributed by atoms with Crippen LogP contribution in [0.1, 0.15) is 40.0 Å². The normalized spacial score (nSPS) is 11.6. The molecular weight excluding hydrogens is 136 g/mol. The lowest BCUT2D eigenvalue weighted by Crippen LogP contribution is -2.09. The van der Waals surface area contributed by atoms with Crippen molar-refractivity contribution in [3.05, 3.63) is 12.2 Å². The van der Waals surface area contributed by atoms with Crippen LogP contribution in [0.5, 0.6) is 0 Å². The van der Waals surface area contributed by atoms with Gasteiger partial charge in [-0.3, -0.25) is 0 Å². The third-order valence-corrected chi connectivity index (χ3v) is 1.74. The van der Waals surface area contributed by atoms with Crippen LogP contribution in [0.2, 0.25) is 0 Å². The van der Waals surface area contributed by atoms with Crippen LogP contribution in [0.25, 0.3) is 0 Å². The minimum Gasteiger partial charge on any atom is -0.374 e. The first kappa shape index (κ1) is 10.7. The lowest BCUT2D eigenvalue weighted by molar-refractivity contribution is 0.0687. The van der Waals surface area contributed by atoms with E-state index in [1.165, 1.54) is 0 Å². The predicted molar refractivity (Wildman–Crippen MR) is 49.8 cm³/mol. The standard InChI is InChI=1S/C10H20O/c1-4-7-8-9-11-10(5-2)6-3/h7-8,10H,4-6,9H2,1-3H3. The molecule has 0 aromatic heterocycles. The van der Waals surface area contributed by atoms with Gasteiger partial charge in [-0.2, -0.15) is 0 Å². The number of ether oxygens (including phenoxy) is 1. The molecule has 0 rings (SSSR count). The molecule has 0 aromatic rings. The van der Waals surface area contributed by atoms with E-state index < -0.39 is 0 Å². The molecular formula is C10H20O. The number of rotatable bonds is 6. The van der Waals surface area contributed by atoms with Crippen LogP contribution in [-0.4, -0.2) is 12.7 Å². The van der Waals surface area contributed by atoms with E-state index in [-0.39, 0.29) is 0 Å². The van der Waals surface area contributed by atoms with Crippen molar-refractivity contribution in [3.8, 4) is 0 Å². The molecule has 0 aliphatic carbocycles. The highest BCUT2D eigenvalue weighted by atomic mass is 16.5. The Morgan fingerprint density at radius 1 is 1.09 bits per heavy atom. The van der Waals surface area contributed by atoms with Crippen LogP contribution >= 0.6 is 0 Å².